The molecule has 2 N–H and O–H groups in total. The number of rotatable bonds is 2. The molecule has 2 rings (SSSR count). The number of hydrogen-bond acceptors (Lipinski definition) is 3. The van der Waals surface area contributed by atoms with Gasteiger partial charge in [-0.15, -0.1) is 0 Å². The topological polar surface area (TPSA) is 82.5 Å². The van der Waals surface area contributed by atoms with E-state index in [2.05, 4.69) is 10.3 Å². The number of amides is 2. The molecule has 6 nitrogen and oxygen atoms in total. The van der Waals surface area contributed by atoms with Crippen molar-refractivity contribution in [2.45, 2.75) is 45.2 Å². The number of hydrogen-bond donors (Lipinski definition) is 2. The number of likely N-dealkylation sites (tertiary alicyclic amines) is 1. The minimum atomic E-state index is -1.15. The van der Waals surface area contributed by atoms with Crippen LogP contribution in [0.4, 0.5) is 10.5 Å². The Morgan fingerprint density at radius 3 is 2.60 bits per heavy atom. The quantitative estimate of drug-likeness (QED) is 0.870. The van der Waals surface area contributed by atoms with Crippen LogP contribution in [-0.2, 0) is 0 Å². The van der Waals surface area contributed by atoms with Crippen molar-refractivity contribution >= 4 is 17.7 Å². The number of carboxylic acids is 1. The molecular formula is C14H19N3O3. The van der Waals surface area contributed by atoms with Gasteiger partial charge in [0, 0.05) is 18.3 Å². The van der Waals surface area contributed by atoms with E-state index >= 15 is 0 Å². The number of anilines is 1. The molecule has 20 heavy (non-hydrogen) atoms. The summed E-state index contributed by atoms with van der Waals surface area (Å²) in [5.41, 5.74) is 0.0909. The van der Waals surface area contributed by atoms with E-state index in [1.165, 1.54) is 6.20 Å². The van der Waals surface area contributed by atoms with Crippen molar-refractivity contribution in [1.29, 1.82) is 0 Å². The van der Waals surface area contributed by atoms with E-state index in [4.69, 9.17) is 5.11 Å². The normalized spacial score (nSPS) is 22.4. The molecule has 1 aromatic heterocycles. The average molecular weight is 277 g/mol. The predicted octanol–water partition coefficient (Wildman–Crippen LogP) is 2.57. The van der Waals surface area contributed by atoms with Crippen LogP contribution < -0.4 is 5.32 Å². The van der Waals surface area contributed by atoms with Gasteiger partial charge >= 0.3 is 12.0 Å². The fraction of sp³-hybridized carbons (Fsp3) is 0.500. The maximum atomic E-state index is 12.4. The second-order valence-electron chi connectivity index (χ2n) is 5.17. The van der Waals surface area contributed by atoms with Crippen LogP contribution in [0.2, 0.25) is 0 Å². The fourth-order valence-corrected chi connectivity index (χ4v) is 2.68. The van der Waals surface area contributed by atoms with Gasteiger partial charge in [0.15, 0.2) is 5.69 Å². The lowest BCUT2D eigenvalue weighted by molar-refractivity contribution is 0.0691. The highest BCUT2D eigenvalue weighted by Crippen LogP contribution is 2.24. The van der Waals surface area contributed by atoms with Crippen molar-refractivity contribution in [2.24, 2.45) is 0 Å². The first-order valence-electron chi connectivity index (χ1n) is 6.78. The van der Waals surface area contributed by atoms with Crippen LogP contribution in [0.25, 0.3) is 0 Å². The number of urea groups is 1. The molecule has 0 spiro atoms. The number of aromatic nitrogens is 1. The van der Waals surface area contributed by atoms with Crippen LogP contribution in [-0.4, -0.2) is 39.1 Å². The zero-order valence-corrected chi connectivity index (χ0v) is 11.7. The molecule has 2 amide bonds. The second kappa shape index (κ2) is 5.90. The Bertz CT molecular complexity index is 508. The second-order valence-corrected chi connectivity index (χ2v) is 5.17. The van der Waals surface area contributed by atoms with Crippen molar-refractivity contribution in [3.8, 4) is 0 Å². The Morgan fingerprint density at radius 1 is 1.35 bits per heavy atom. The first-order chi connectivity index (χ1) is 9.50. The summed E-state index contributed by atoms with van der Waals surface area (Å²) in [6.45, 7) is 4.02. The number of piperidine rings is 1. The molecule has 1 aliphatic heterocycles. The van der Waals surface area contributed by atoms with E-state index in [0.717, 1.165) is 19.3 Å². The van der Waals surface area contributed by atoms with Gasteiger partial charge in [-0.3, -0.25) is 0 Å². The lowest BCUT2D eigenvalue weighted by atomic mass is 9.98. The SMILES string of the molecule is C[C@@H]1CCC[C@H](C)N1C(=O)Nc1cccnc1C(=O)O. The van der Waals surface area contributed by atoms with E-state index in [9.17, 15) is 9.59 Å². The van der Waals surface area contributed by atoms with E-state index in [-0.39, 0.29) is 29.5 Å². The number of carbonyl (C=O) groups is 2. The van der Waals surface area contributed by atoms with Crippen molar-refractivity contribution in [2.75, 3.05) is 5.32 Å². The van der Waals surface area contributed by atoms with Crippen LogP contribution in [0, 0.1) is 0 Å². The molecule has 1 fully saturated rings. The highest BCUT2D eigenvalue weighted by atomic mass is 16.4. The molecule has 6 heteroatoms. The van der Waals surface area contributed by atoms with Crippen LogP contribution in [0.1, 0.15) is 43.6 Å². The summed E-state index contributed by atoms with van der Waals surface area (Å²) in [5.74, 6) is -1.15. The Balaban J connectivity index is 2.17. The molecular weight excluding hydrogens is 258 g/mol. The highest BCUT2D eigenvalue weighted by Gasteiger charge is 2.29. The van der Waals surface area contributed by atoms with Crippen LogP contribution in [0.15, 0.2) is 18.3 Å². The summed E-state index contributed by atoms with van der Waals surface area (Å²) in [6.07, 6.45) is 4.44. The minimum Gasteiger partial charge on any atom is -0.476 e. The van der Waals surface area contributed by atoms with Gasteiger partial charge in [-0.1, -0.05) is 0 Å². The first kappa shape index (κ1) is 14.3. The van der Waals surface area contributed by atoms with E-state index in [1.807, 2.05) is 13.8 Å². The van der Waals surface area contributed by atoms with Gasteiger partial charge in [0.25, 0.3) is 0 Å². The molecule has 0 saturated carbocycles. The molecule has 1 aliphatic rings. The summed E-state index contributed by atoms with van der Waals surface area (Å²) in [7, 11) is 0. The molecule has 0 aliphatic carbocycles. The third kappa shape index (κ3) is 2.89. The Morgan fingerprint density at radius 2 is 2.00 bits per heavy atom. The number of aromatic carboxylic acids is 1. The van der Waals surface area contributed by atoms with Gasteiger partial charge in [-0.2, -0.15) is 0 Å². The standard InChI is InChI=1S/C14H19N3O3/c1-9-5-3-6-10(2)17(9)14(20)16-11-7-4-8-15-12(11)13(18)19/h4,7-10H,3,5-6H2,1-2H3,(H,16,20)(H,18,19)/t9-,10+. The van der Waals surface area contributed by atoms with Crippen LogP contribution in [0.3, 0.4) is 0 Å². The minimum absolute atomic E-state index is 0.141. The van der Waals surface area contributed by atoms with Crippen molar-refractivity contribution in [3.05, 3.63) is 24.0 Å². The molecule has 1 aromatic rings. The molecule has 0 unspecified atom stereocenters. The van der Waals surface area contributed by atoms with Gasteiger partial charge in [-0.05, 0) is 45.2 Å². The summed E-state index contributed by atoms with van der Waals surface area (Å²) in [5, 5.41) is 11.7. The molecule has 1 saturated heterocycles. The molecule has 2 heterocycles. The average Bonchev–Trinajstić information content (AvgIpc) is 2.38. The molecule has 108 valence electrons. The summed E-state index contributed by atoms with van der Waals surface area (Å²) in [4.78, 5) is 29.0. The smallest absolute Gasteiger partial charge is 0.356 e. The zero-order chi connectivity index (χ0) is 14.7. The van der Waals surface area contributed by atoms with Crippen molar-refractivity contribution < 1.29 is 14.7 Å². The maximum Gasteiger partial charge on any atom is 0.356 e. The molecule has 0 radical (unpaired) electrons. The monoisotopic (exact) mass is 277 g/mol. The Labute approximate surface area is 117 Å². The number of carboxylic acid groups (broad SMARTS) is 1. The fourth-order valence-electron chi connectivity index (χ4n) is 2.68. The third-order valence-corrected chi connectivity index (χ3v) is 3.68. The zero-order valence-electron chi connectivity index (χ0n) is 11.7. The predicted molar refractivity (Wildman–Crippen MR) is 74.8 cm³/mol. The summed E-state index contributed by atoms with van der Waals surface area (Å²) < 4.78 is 0. The van der Waals surface area contributed by atoms with Crippen molar-refractivity contribution in [1.82, 2.24) is 9.88 Å². The number of pyridine rings is 1. The maximum absolute atomic E-state index is 12.4. The van der Waals surface area contributed by atoms with E-state index in [1.54, 1.807) is 17.0 Å². The Kier molecular flexibility index (Phi) is 4.22. The van der Waals surface area contributed by atoms with Crippen LogP contribution >= 0.6 is 0 Å². The van der Waals surface area contributed by atoms with E-state index < -0.39 is 5.97 Å². The molecule has 0 aromatic carbocycles. The van der Waals surface area contributed by atoms with Gasteiger partial charge < -0.3 is 15.3 Å². The van der Waals surface area contributed by atoms with Gasteiger partial charge in [-0.25, -0.2) is 14.6 Å². The van der Waals surface area contributed by atoms with Gasteiger partial charge in [0.1, 0.15) is 0 Å². The van der Waals surface area contributed by atoms with Crippen molar-refractivity contribution in [3.63, 3.8) is 0 Å². The van der Waals surface area contributed by atoms with Crippen LogP contribution in [0.5, 0.6) is 0 Å². The largest absolute Gasteiger partial charge is 0.476 e. The number of carbonyl (C=O) groups excluding carboxylic acids is 1. The number of nitrogens with one attached hydrogen (secondary N) is 1. The lowest BCUT2D eigenvalue weighted by Crippen LogP contribution is -2.49. The van der Waals surface area contributed by atoms with Gasteiger partial charge in [0.05, 0.1) is 5.69 Å². The molecule has 0 bridgehead atoms. The lowest BCUT2D eigenvalue weighted by Gasteiger charge is -2.38. The highest BCUT2D eigenvalue weighted by molar-refractivity contribution is 5.98. The number of nitrogens with zero attached hydrogens (tertiary/aromatic N) is 2. The summed E-state index contributed by atoms with van der Waals surface area (Å²) >= 11 is 0. The third-order valence-electron chi connectivity index (χ3n) is 3.68. The molecule has 2 atom stereocenters. The first-order valence-corrected chi connectivity index (χ1v) is 6.78. The Hall–Kier alpha value is -2.11. The van der Waals surface area contributed by atoms with Gasteiger partial charge in [0.2, 0.25) is 0 Å². The summed E-state index contributed by atoms with van der Waals surface area (Å²) in [6, 6.07) is 3.20. The van der Waals surface area contributed by atoms with E-state index in [0.29, 0.717) is 0 Å².